The van der Waals surface area contributed by atoms with Gasteiger partial charge in [0.05, 0.1) is 12.7 Å². The number of carbonyl (C=O) groups is 1. The average Bonchev–Trinajstić information content (AvgIpc) is 3.00. The van der Waals surface area contributed by atoms with Crippen molar-refractivity contribution in [2.75, 3.05) is 12.4 Å². The SMILES string of the molecule is COC(=O)c1c(NC(=S)NC2C3CC4CC(C3)CC2C4)sc2c1CCC(C)C2. The number of ether oxygens (including phenoxy) is 1. The van der Waals surface area contributed by atoms with Crippen LogP contribution in [-0.4, -0.2) is 24.2 Å². The van der Waals surface area contributed by atoms with Gasteiger partial charge in [-0.05, 0) is 98.7 Å². The summed E-state index contributed by atoms with van der Waals surface area (Å²) in [6.45, 7) is 2.28. The maximum Gasteiger partial charge on any atom is 0.341 e. The molecule has 1 atom stereocenters. The summed E-state index contributed by atoms with van der Waals surface area (Å²) in [5.41, 5.74) is 1.89. The van der Waals surface area contributed by atoms with E-state index < -0.39 is 0 Å². The summed E-state index contributed by atoms with van der Waals surface area (Å²) in [7, 11) is 1.47. The molecule has 5 aliphatic carbocycles. The minimum atomic E-state index is -0.244. The van der Waals surface area contributed by atoms with E-state index in [0.717, 1.165) is 47.9 Å². The number of fused-ring (bicyclic) bond motifs is 1. The first-order valence-corrected chi connectivity index (χ1v) is 12.0. The Morgan fingerprint density at radius 3 is 2.46 bits per heavy atom. The Kier molecular flexibility index (Phi) is 4.90. The zero-order chi connectivity index (χ0) is 19.4. The monoisotopic (exact) mass is 418 g/mol. The van der Waals surface area contributed by atoms with E-state index in [4.69, 9.17) is 17.0 Å². The Bertz CT molecular complexity index is 775. The van der Waals surface area contributed by atoms with E-state index in [1.54, 1.807) is 11.3 Å². The standard InChI is InChI=1S/C22H30N2O2S2/c1-11-3-4-16-17(5-11)28-20(18(16)21(25)26-2)24-22(27)23-19-14-7-12-6-13(9-14)10-15(19)8-12/h11-15,19H,3-10H2,1-2H3,(H2,23,24,27). The molecule has 0 radical (unpaired) electrons. The van der Waals surface area contributed by atoms with Crippen LogP contribution in [0.2, 0.25) is 0 Å². The van der Waals surface area contributed by atoms with Crippen LogP contribution in [0, 0.1) is 29.6 Å². The van der Waals surface area contributed by atoms with E-state index in [1.165, 1.54) is 49.7 Å². The van der Waals surface area contributed by atoms with Crippen LogP contribution in [0.25, 0.3) is 0 Å². The van der Waals surface area contributed by atoms with E-state index >= 15 is 0 Å². The van der Waals surface area contributed by atoms with E-state index in [9.17, 15) is 4.79 Å². The molecule has 1 unspecified atom stereocenters. The normalized spacial score (nSPS) is 35.4. The summed E-state index contributed by atoms with van der Waals surface area (Å²) in [5, 5.41) is 8.60. The molecular weight excluding hydrogens is 388 g/mol. The molecule has 0 saturated heterocycles. The number of rotatable bonds is 3. The fourth-order valence-electron chi connectivity index (χ4n) is 6.61. The van der Waals surface area contributed by atoms with Crippen molar-refractivity contribution in [2.24, 2.45) is 29.6 Å². The second-order valence-electron chi connectivity index (χ2n) is 9.60. The van der Waals surface area contributed by atoms with E-state index in [0.29, 0.717) is 22.6 Å². The van der Waals surface area contributed by atoms with Gasteiger partial charge in [-0.3, -0.25) is 0 Å². The molecule has 1 aromatic rings. The maximum absolute atomic E-state index is 12.5. The highest BCUT2D eigenvalue weighted by molar-refractivity contribution is 7.80. The summed E-state index contributed by atoms with van der Waals surface area (Å²) in [4.78, 5) is 13.8. The first-order valence-electron chi connectivity index (χ1n) is 10.8. The fraction of sp³-hybridized carbons (Fsp3) is 0.727. The van der Waals surface area contributed by atoms with E-state index in [1.807, 2.05) is 0 Å². The highest BCUT2D eigenvalue weighted by atomic mass is 32.1. The Morgan fingerprint density at radius 1 is 1.14 bits per heavy atom. The summed E-state index contributed by atoms with van der Waals surface area (Å²) in [6, 6.07) is 0.504. The van der Waals surface area contributed by atoms with Crippen LogP contribution in [-0.2, 0) is 17.6 Å². The average molecular weight is 419 g/mol. The van der Waals surface area contributed by atoms with Crippen molar-refractivity contribution in [1.29, 1.82) is 0 Å². The molecule has 1 heterocycles. The van der Waals surface area contributed by atoms with Crippen LogP contribution in [0.4, 0.5) is 5.00 Å². The molecule has 4 nitrogen and oxygen atoms in total. The largest absolute Gasteiger partial charge is 0.465 e. The van der Waals surface area contributed by atoms with Crippen LogP contribution in [0.5, 0.6) is 0 Å². The number of methoxy groups -OCH3 is 1. The van der Waals surface area contributed by atoms with Gasteiger partial charge >= 0.3 is 5.97 Å². The van der Waals surface area contributed by atoms with Crippen molar-refractivity contribution in [1.82, 2.24) is 5.32 Å². The van der Waals surface area contributed by atoms with Gasteiger partial charge in [0.25, 0.3) is 0 Å². The molecule has 2 N–H and O–H groups in total. The number of hydrogen-bond donors (Lipinski definition) is 2. The van der Waals surface area contributed by atoms with Gasteiger partial charge in [0, 0.05) is 10.9 Å². The van der Waals surface area contributed by atoms with Gasteiger partial charge in [0.15, 0.2) is 5.11 Å². The van der Waals surface area contributed by atoms with Gasteiger partial charge < -0.3 is 15.4 Å². The minimum Gasteiger partial charge on any atom is -0.465 e. The van der Waals surface area contributed by atoms with Crippen molar-refractivity contribution in [3.8, 4) is 0 Å². The van der Waals surface area contributed by atoms with Gasteiger partial charge in [0.1, 0.15) is 5.00 Å². The van der Waals surface area contributed by atoms with Crippen LogP contribution in [0.3, 0.4) is 0 Å². The fourth-order valence-corrected chi connectivity index (χ4v) is 8.31. The predicted octanol–water partition coefficient (Wildman–Crippen LogP) is 4.77. The van der Waals surface area contributed by atoms with Crippen molar-refractivity contribution in [2.45, 2.75) is 64.3 Å². The molecule has 0 amide bonds. The highest BCUT2D eigenvalue weighted by Gasteiger charge is 2.48. The van der Waals surface area contributed by atoms with Crippen LogP contribution >= 0.6 is 23.6 Å². The molecule has 4 fully saturated rings. The highest BCUT2D eigenvalue weighted by Crippen LogP contribution is 2.53. The van der Waals surface area contributed by atoms with Crippen LogP contribution < -0.4 is 10.6 Å². The molecule has 4 saturated carbocycles. The van der Waals surface area contributed by atoms with E-state index in [2.05, 4.69) is 17.6 Å². The number of anilines is 1. The zero-order valence-corrected chi connectivity index (χ0v) is 18.4. The molecule has 4 bridgehead atoms. The topological polar surface area (TPSA) is 50.4 Å². The lowest BCUT2D eigenvalue weighted by Crippen LogP contribution is -2.56. The lowest BCUT2D eigenvalue weighted by Gasteiger charge is -2.54. The number of thiophene rings is 1. The third kappa shape index (κ3) is 3.26. The lowest BCUT2D eigenvalue weighted by atomic mass is 9.54. The second kappa shape index (κ2) is 7.28. The summed E-state index contributed by atoms with van der Waals surface area (Å²) in [5.74, 6) is 3.88. The quantitative estimate of drug-likeness (QED) is 0.547. The Hall–Kier alpha value is -1.14. The molecule has 1 aromatic heterocycles. The Balaban J connectivity index is 1.33. The van der Waals surface area contributed by atoms with Gasteiger partial charge in [-0.15, -0.1) is 11.3 Å². The molecule has 0 aliphatic heterocycles. The number of esters is 1. The lowest BCUT2D eigenvalue weighted by molar-refractivity contribution is -0.00665. The van der Waals surface area contributed by atoms with Gasteiger partial charge in [-0.1, -0.05) is 6.92 Å². The molecule has 152 valence electrons. The number of carbonyl (C=O) groups excluding carboxylic acids is 1. The van der Waals surface area contributed by atoms with Gasteiger partial charge in [-0.2, -0.15) is 0 Å². The maximum atomic E-state index is 12.5. The van der Waals surface area contributed by atoms with Crippen LogP contribution in [0.15, 0.2) is 0 Å². The summed E-state index contributed by atoms with van der Waals surface area (Å²) < 4.78 is 5.10. The third-order valence-electron chi connectivity index (χ3n) is 7.65. The first-order chi connectivity index (χ1) is 13.5. The molecule has 5 aliphatic rings. The Labute approximate surface area is 176 Å². The predicted molar refractivity (Wildman–Crippen MR) is 117 cm³/mol. The smallest absolute Gasteiger partial charge is 0.341 e. The third-order valence-corrected chi connectivity index (χ3v) is 9.04. The Morgan fingerprint density at radius 2 is 1.82 bits per heavy atom. The molecule has 0 spiro atoms. The number of nitrogens with one attached hydrogen (secondary N) is 2. The molecular formula is C22H30N2O2S2. The van der Waals surface area contributed by atoms with Crippen molar-refractivity contribution in [3.63, 3.8) is 0 Å². The second-order valence-corrected chi connectivity index (χ2v) is 11.1. The van der Waals surface area contributed by atoms with Crippen molar-refractivity contribution >= 4 is 39.6 Å². The van der Waals surface area contributed by atoms with Crippen molar-refractivity contribution in [3.05, 3.63) is 16.0 Å². The van der Waals surface area contributed by atoms with E-state index in [-0.39, 0.29) is 5.97 Å². The zero-order valence-electron chi connectivity index (χ0n) is 16.8. The number of hydrogen-bond acceptors (Lipinski definition) is 4. The molecule has 28 heavy (non-hydrogen) atoms. The van der Waals surface area contributed by atoms with Gasteiger partial charge in [0.2, 0.25) is 0 Å². The summed E-state index contributed by atoms with van der Waals surface area (Å²) >= 11 is 7.40. The molecule has 6 heteroatoms. The first kappa shape index (κ1) is 18.9. The number of thiocarbonyl (C=S) groups is 1. The van der Waals surface area contributed by atoms with Crippen LogP contribution in [0.1, 0.15) is 66.2 Å². The van der Waals surface area contributed by atoms with Crippen molar-refractivity contribution < 1.29 is 9.53 Å². The summed E-state index contributed by atoms with van der Waals surface area (Å²) in [6.07, 6.45) is 10.1. The van der Waals surface area contributed by atoms with Gasteiger partial charge in [-0.25, -0.2) is 4.79 Å². The molecule has 6 rings (SSSR count). The minimum absolute atomic E-state index is 0.244. The molecule has 0 aromatic carbocycles.